The predicted octanol–water partition coefficient (Wildman–Crippen LogP) is 9.31. The van der Waals surface area contributed by atoms with Gasteiger partial charge in [-0.3, -0.25) is 19.2 Å². The molecule has 9 nitrogen and oxygen atoms in total. The molecule has 18 heteroatoms. The van der Waals surface area contributed by atoms with Crippen LogP contribution in [0.2, 0.25) is 0 Å². The molecule has 70 heavy (non-hydrogen) atoms. The number of carbonyl (C=O) groups is 4. The third-order valence-corrected chi connectivity index (χ3v) is 15.2. The van der Waals surface area contributed by atoms with Crippen molar-refractivity contribution in [3.05, 3.63) is 151 Å². The molecule has 2 unspecified atom stereocenters. The van der Waals surface area contributed by atoms with E-state index in [1.54, 1.807) is 16.7 Å². The maximum atomic E-state index is 13.2. The summed E-state index contributed by atoms with van der Waals surface area (Å²) in [4.78, 5) is 52.5. The number of carboxylic acids is 1. The molecule has 4 aromatic carbocycles. The first kappa shape index (κ1) is 56.3. The van der Waals surface area contributed by atoms with Crippen molar-refractivity contribution in [3.8, 4) is 0 Å². The zero-order chi connectivity index (χ0) is 49.0. The zero-order valence-electron chi connectivity index (χ0n) is 38.6. The molecule has 4 aromatic rings. The van der Waals surface area contributed by atoms with Gasteiger partial charge in [0.1, 0.15) is 0 Å². The van der Waals surface area contributed by atoms with Gasteiger partial charge in [0.15, 0.2) is 0 Å². The molecule has 2 saturated heterocycles. The van der Waals surface area contributed by atoms with Crippen LogP contribution in [-0.4, -0.2) is 76.9 Å². The third kappa shape index (κ3) is 12.5. The number of carbonyl (C=O) groups excluding carboxylic acids is 3. The maximum absolute atomic E-state index is 13.2. The minimum Gasteiger partial charge on any atom is -0.870 e. The molecule has 2 N–H and O–H groups in total. The number of esters is 1. The van der Waals surface area contributed by atoms with Crippen molar-refractivity contribution >= 4 is 67.8 Å². The van der Waals surface area contributed by atoms with Crippen LogP contribution in [0.15, 0.2) is 106 Å². The number of alkyl halides is 6. The van der Waals surface area contributed by atoms with Crippen LogP contribution in [0.25, 0.3) is 12.2 Å². The van der Waals surface area contributed by atoms with Crippen LogP contribution in [0.3, 0.4) is 0 Å². The molecule has 2 aliphatic heterocycles. The Kier molecular flexibility index (Phi) is 18.7. The summed E-state index contributed by atoms with van der Waals surface area (Å²) in [6.07, 6.45) is 0.635. The number of piperidine rings is 2. The van der Waals surface area contributed by atoms with Gasteiger partial charge in [-0.2, -0.15) is 26.3 Å². The fourth-order valence-corrected chi connectivity index (χ4v) is 12.4. The summed E-state index contributed by atoms with van der Waals surface area (Å²) in [5.74, 6) is -1.68. The summed E-state index contributed by atoms with van der Waals surface area (Å²) < 4.78 is 86.4. The van der Waals surface area contributed by atoms with Crippen molar-refractivity contribution in [2.75, 3.05) is 32.8 Å². The quantitative estimate of drug-likeness (QED) is 0.0765. The van der Waals surface area contributed by atoms with Crippen LogP contribution in [0.4, 0.5) is 26.3 Å². The summed E-state index contributed by atoms with van der Waals surface area (Å²) >= 11 is 7.34. The van der Waals surface area contributed by atoms with Gasteiger partial charge in [-0.15, -0.1) is 0 Å². The van der Waals surface area contributed by atoms with E-state index in [0.717, 1.165) is 57.0 Å². The van der Waals surface area contributed by atoms with Crippen molar-refractivity contribution in [3.63, 3.8) is 0 Å². The van der Waals surface area contributed by atoms with E-state index in [1.165, 1.54) is 66.3 Å². The third-order valence-electron chi connectivity index (χ3n) is 13.9. The van der Waals surface area contributed by atoms with Crippen molar-refractivity contribution in [2.45, 2.75) is 93.3 Å². The van der Waals surface area contributed by atoms with Gasteiger partial charge in [0, 0.05) is 58.1 Å². The number of halogens is 8. The van der Waals surface area contributed by atoms with Crippen molar-refractivity contribution in [1.29, 1.82) is 0 Å². The summed E-state index contributed by atoms with van der Waals surface area (Å²) in [5, 5.41) is 9.35. The van der Waals surface area contributed by atoms with Gasteiger partial charge in [-0.25, -0.2) is 0 Å². The molecular formula is C52H51Br2F6LiN2O7. The van der Waals surface area contributed by atoms with E-state index in [1.807, 2.05) is 30.3 Å². The molecule has 2 heterocycles. The number of benzene rings is 4. The molecule has 8 rings (SSSR count). The first-order valence-corrected chi connectivity index (χ1v) is 24.1. The van der Waals surface area contributed by atoms with E-state index in [9.17, 15) is 50.6 Å². The molecule has 2 amide bonds. The Morgan fingerprint density at radius 1 is 0.643 bits per heavy atom. The number of hydrogen-bond acceptors (Lipinski definition) is 6. The Morgan fingerprint density at radius 3 is 1.40 bits per heavy atom. The fourth-order valence-electron chi connectivity index (χ4n) is 10.8. The van der Waals surface area contributed by atoms with Crippen molar-refractivity contribution < 1.29 is 79.7 Å². The molecule has 2 atom stereocenters. The molecule has 2 aliphatic carbocycles. The Labute approximate surface area is 431 Å². The number of fused-ring (bicyclic) bond motifs is 4. The minimum atomic E-state index is -4.49. The van der Waals surface area contributed by atoms with Crippen LogP contribution >= 0.6 is 31.9 Å². The normalized spacial score (nSPS) is 18.9. The Hall–Kier alpha value is -4.66. The first-order chi connectivity index (χ1) is 32.2. The first-order valence-electron chi connectivity index (χ1n) is 22.5. The monoisotopic (exact) mass is 1090 g/mol. The van der Waals surface area contributed by atoms with Crippen LogP contribution in [0, 0.1) is 0 Å². The number of ether oxygens (including phenoxy) is 1. The molecule has 0 radical (unpaired) electrons. The SMILES string of the molecule is CCOC(=O)CC1CC2(CCN(C(=O)/C=C/c3ccccc3C(F)(F)F)CC2)c2c(Br)cccc21.O=C(O)CC1CC2(CCN(C(=O)/C=C/c3ccccc3C(F)(F)F)CC2)c2c(Br)cccc21.[Li+].[OH-]. The van der Waals surface area contributed by atoms with Gasteiger partial charge in [0.25, 0.3) is 0 Å². The van der Waals surface area contributed by atoms with E-state index in [2.05, 4.69) is 37.9 Å². The second-order valence-corrected chi connectivity index (χ2v) is 19.6. The summed E-state index contributed by atoms with van der Waals surface area (Å²) in [5.41, 5.74) is 2.56. The van der Waals surface area contributed by atoms with Crippen molar-refractivity contribution in [2.24, 2.45) is 0 Å². The molecule has 2 fully saturated rings. The van der Waals surface area contributed by atoms with Gasteiger partial charge >= 0.3 is 43.2 Å². The largest absolute Gasteiger partial charge is 1.00 e. The number of amides is 2. The average Bonchev–Trinajstić information content (AvgIpc) is 3.76. The van der Waals surface area contributed by atoms with Crippen LogP contribution in [0.5, 0.6) is 0 Å². The number of carboxylic acid groups (broad SMARTS) is 1. The Morgan fingerprint density at radius 2 is 1.03 bits per heavy atom. The second kappa shape index (κ2) is 23.3. The second-order valence-electron chi connectivity index (χ2n) is 17.9. The van der Waals surface area contributed by atoms with Crippen LogP contribution in [-0.2, 0) is 47.1 Å². The van der Waals surface area contributed by atoms with E-state index in [-0.39, 0.29) is 82.3 Å². The molecule has 2 spiro atoms. The zero-order valence-corrected chi connectivity index (χ0v) is 41.8. The Bertz CT molecular complexity index is 2610. The standard InChI is InChI=1S/C27H27BrF3NO3.C25H23BrF3NO3.Li.H2O/c1-2-35-24(34)16-19-17-26(25-20(19)7-5-9-22(25)28)12-14-32(15-13-26)23(33)11-10-18-6-3-4-8-21(18)27(29,30)31;26-20-7-3-5-18-17(14-22(32)33)15-24(23(18)20)10-12-30(13-11-24)21(31)9-8-16-4-1-2-6-19(16)25(27,28)29;;/h3-11,19H,2,12-17H2,1H3;1-9,17H,10-15H2,(H,32,33);;1H2/q;;+1;/p-1/b11-10+;9-8+;;. The Balaban J connectivity index is 0.000000254. The predicted molar refractivity (Wildman–Crippen MR) is 254 cm³/mol. The van der Waals surface area contributed by atoms with E-state index in [0.29, 0.717) is 58.5 Å². The topological polar surface area (TPSA) is 134 Å². The molecule has 0 aromatic heterocycles. The number of rotatable bonds is 9. The fraction of sp³-hybridized carbons (Fsp3) is 0.385. The molecule has 368 valence electrons. The maximum Gasteiger partial charge on any atom is 1.00 e. The van der Waals surface area contributed by atoms with E-state index < -0.39 is 29.4 Å². The van der Waals surface area contributed by atoms with Gasteiger partial charge in [0.2, 0.25) is 11.8 Å². The molecule has 4 aliphatic rings. The van der Waals surface area contributed by atoms with Gasteiger partial charge in [-0.1, -0.05) is 92.5 Å². The summed E-state index contributed by atoms with van der Waals surface area (Å²) in [7, 11) is 0. The number of likely N-dealkylation sites (tertiary alicyclic amines) is 2. The van der Waals surface area contributed by atoms with Crippen LogP contribution < -0.4 is 18.9 Å². The molecule has 0 saturated carbocycles. The van der Waals surface area contributed by atoms with Gasteiger partial charge in [-0.05, 0) is 127 Å². The van der Waals surface area contributed by atoms with Gasteiger partial charge < -0.3 is 25.1 Å². The van der Waals surface area contributed by atoms with E-state index >= 15 is 0 Å². The molecular weight excluding hydrogens is 1050 g/mol. The van der Waals surface area contributed by atoms with Crippen molar-refractivity contribution in [1.82, 2.24) is 9.80 Å². The van der Waals surface area contributed by atoms with E-state index in [4.69, 9.17) is 4.74 Å². The molecule has 0 bridgehead atoms. The average molecular weight is 1100 g/mol. The number of aliphatic carboxylic acids is 1. The number of nitrogens with zero attached hydrogens (tertiary/aromatic N) is 2. The number of hydrogen-bond donors (Lipinski definition) is 1. The minimum absolute atomic E-state index is 0. The smallest absolute Gasteiger partial charge is 0.870 e. The summed E-state index contributed by atoms with van der Waals surface area (Å²) in [6, 6.07) is 22.3. The van der Waals surface area contributed by atoms with Gasteiger partial charge in [0.05, 0.1) is 30.6 Å². The summed E-state index contributed by atoms with van der Waals surface area (Å²) in [6.45, 7) is 4.06. The van der Waals surface area contributed by atoms with Crippen LogP contribution in [0.1, 0.15) is 115 Å².